The second-order valence-electron chi connectivity index (χ2n) is 7.52. The molecule has 0 saturated heterocycles. The summed E-state index contributed by atoms with van der Waals surface area (Å²) in [4.78, 5) is 0. The third kappa shape index (κ3) is 4.90. The zero-order valence-electron chi connectivity index (χ0n) is 17.5. The first-order valence-electron chi connectivity index (χ1n) is 10.2. The molecule has 0 aromatic heterocycles. The lowest BCUT2D eigenvalue weighted by Crippen LogP contribution is -2.01. The van der Waals surface area contributed by atoms with E-state index in [1.54, 1.807) is 0 Å². The third-order valence-corrected chi connectivity index (χ3v) is 5.16. The average molecular weight is 395 g/mol. The molecule has 0 aliphatic heterocycles. The lowest BCUT2D eigenvalue weighted by Gasteiger charge is -2.15. The summed E-state index contributed by atoms with van der Waals surface area (Å²) in [7, 11) is 0. The summed E-state index contributed by atoms with van der Waals surface area (Å²) in [5.74, 6) is 1.76. The monoisotopic (exact) mass is 394 g/mol. The minimum atomic E-state index is 0.520. The van der Waals surface area contributed by atoms with Crippen molar-refractivity contribution in [1.82, 2.24) is 0 Å². The van der Waals surface area contributed by atoms with Crippen molar-refractivity contribution in [1.29, 1.82) is 0 Å². The van der Waals surface area contributed by atoms with Gasteiger partial charge in [-0.3, -0.25) is 0 Å². The van der Waals surface area contributed by atoms with E-state index in [0.717, 1.165) is 22.6 Å². The Labute approximate surface area is 178 Å². The van der Waals surface area contributed by atoms with Crippen molar-refractivity contribution in [2.45, 2.75) is 27.1 Å². The van der Waals surface area contributed by atoms with Gasteiger partial charge in [-0.15, -0.1) is 0 Å². The number of benzene rings is 4. The fraction of sp³-hybridized carbons (Fsp3) is 0.143. The number of hydrogen-bond donors (Lipinski definition) is 0. The van der Waals surface area contributed by atoms with E-state index in [1.807, 2.05) is 24.3 Å². The minimum absolute atomic E-state index is 0.520. The Kier molecular flexibility index (Phi) is 6.14. The Bertz CT molecular complexity index is 1010. The van der Waals surface area contributed by atoms with Gasteiger partial charge in [-0.2, -0.15) is 0 Å². The normalized spacial score (nSPS) is 10.6. The van der Waals surface area contributed by atoms with E-state index in [2.05, 4.69) is 86.6 Å². The minimum Gasteiger partial charge on any atom is -0.489 e. The van der Waals surface area contributed by atoms with E-state index in [4.69, 9.17) is 9.47 Å². The van der Waals surface area contributed by atoms with Gasteiger partial charge in [0, 0.05) is 0 Å². The predicted octanol–water partition coefficient (Wildman–Crippen LogP) is 7.13. The average Bonchev–Trinajstić information content (AvgIpc) is 2.79. The van der Waals surface area contributed by atoms with E-state index >= 15 is 0 Å². The molecular weight excluding hydrogens is 368 g/mol. The molecule has 150 valence electrons. The Morgan fingerprint density at radius 2 is 0.833 bits per heavy atom. The lowest BCUT2D eigenvalue weighted by molar-refractivity contribution is 0.305. The van der Waals surface area contributed by atoms with Gasteiger partial charge in [-0.05, 0) is 60.4 Å². The molecule has 4 aromatic rings. The Hall–Kier alpha value is -3.52. The van der Waals surface area contributed by atoms with Crippen LogP contribution in [-0.2, 0) is 13.2 Å². The number of ether oxygens (including phenoxy) is 2. The van der Waals surface area contributed by atoms with Crippen LogP contribution in [0.3, 0.4) is 0 Å². The van der Waals surface area contributed by atoms with Gasteiger partial charge >= 0.3 is 0 Å². The Morgan fingerprint density at radius 1 is 0.467 bits per heavy atom. The van der Waals surface area contributed by atoms with Crippen LogP contribution in [0.15, 0.2) is 97.1 Å². The van der Waals surface area contributed by atoms with Crippen molar-refractivity contribution >= 4 is 0 Å². The molecule has 0 unspecified atom stereocenters. The van der Waals surface area contributed by atoms with Crippen molar-refractivity contribution in [2.24, 2.45) is 0 Å². The third-order valence-electron chi connectivity index (χ3n) is 5.16. The summed E-state index contributed by atoms with van der Waals surface area (Å²) in [5, 5.41) is 0. The summed E-state index contributed by atoms with van der Waals surface area (Å²) < 4.78 is 12.1. The quantitative estimate of drug-likeness (QED) is 0.332. The van der Waals surface area contributed by atoms with Crippen LogP contribution in [0.2, 0.25) is 0 Å². The van der Waals surface area contributed by atoms with Gasteiger partial charge in [0.1, 0.15) is 24.7 Å². The molecule has 0 radical (unpaired) electrons. The van der Waals surface area contributed by atoms with E-state index in [9.17, 15) is 0 Å². The van der Waals surface area contributed by atoms with Gasteiger partial charge in [0.05, 0.1) is 0 Å². The molecule has 4 aromatic carbocycles. The van der Waals surface area contributed by atoms with Crippen LogP contribution in [0.4, 0.5) is 0 Å². The van der Waals surface area contributed by atoms with Crippen LogP contribution in [0.25, 0.3) is 11.1 Å². The summed E-state index contributed by atoms with van der Waals surface area (Å²) in [6, 6.07) is 33.1. The SMILES string of the molecule is Cc1ccc(OCc2ccccc2-c2ccccc2COc2ccc(C)cc2)cc1. The molecule has 0 atom stereocenters. The molecule has 0 bridgehead atoms. The molecule has 0 aliphatic rings. The Morgan fingerprint density at radius 3 is 1.23 bits per heavy atom. The number of aryl methyl sites for hydroxylation is 2. The molecule has 0 fully saturated rings. The fourth-order valence-electron chi connectivity index (χ4n) is 3.41. The van der Waals surface area contributed by atoms with E-state index < -0.39 is 0 Å². The molecule has 0 aliphatic carbocycles. The smallest absolute Gasteiger partial charge is 0.119 e. The van der Waals surface area contributed by atoms with Crippen molar-refractivity contribution in [2.75, 3.05) is 0 Å². The summed E-state index contributed by atoms with van der Waals surface area (Å²) in [5.41, 5.74) is 7.11. The van der Waals surface area contributed by atoms with Crippen molar-refractivity contribution < 1.29 is 9.47 Å². The second-order valence-corrected chi connectivity index (χ2v) is 7.52. The highest BCUT2D eigenvalue weighted by Crippen LogP contribution is 2.29. The van der Waals surface area contributed by atoms with Crippen LogP contribution in [-0.4, -0.2) is 0 Å². The maximum atomic E-state index is 6.06. The lowest BCUT2D eigenvalue weighted by atomic mass is 9.96. The highest BCUT2D eigenvalue weighted by molar-refractivity contribution is 5.70. The zero-order valence-corrected chi connectivity index (χ0v) is 17.5. The van der Waals surface area contributed by atoms with Crippen LogP contribution < -0.4 is 9.47 Å². The zero-order chi connectivity index (χ0) is 20.8. The number of hydrogen-bond acceptors (Lipinski definition) is 2. The van der Waals surface area contributed by atoms with Gasteiger partial charge < -0.3 is 9.47 Å². The molecule has 0 amide bonds. The van der Waals surface area contributed by atoms with Crippen LogP contribution >= 0.6 is 0 Å². The molecule has 0 N–H and O–H groups in total. The molecule has 2 heteroatoms. The predicted molar refractivity (Wildman–Crippen MR) is 123 cm³/mol. The van der Waals surface area contributed by atoms with Gasteiger partial charge in [0.15, 0.2) is 0 Å². The highest BCUT2D eigenvalue weighted by atomic mass is 16.5. The molecule has 30 heavy (non-hydrogen) atoms. The molecule has 0 heterocycles. The van der Waals surface area contributed by atoms with Crippen molar-refractivity contribution in [3.63, 3.8) is 0 Å². The second kappa shape index (κ2) is 9.32. The largest absolute Gasteiger partial charge is 0.489 e. The first-order valence-corrected chi connectivity index (χ1v) is 10.2. The van der Waals surface area contributed by atoms with Crippen LogP contribution in [0.5, 0.6) is 11.5 Å². The van der Waals surface area contributed by atoms with E-state index in [-0.39, 0.29) is 0 Å². The summed E-state index contributed by atoms with van der Waals surface area (Å²) in [6.07, 6.45) is 0. The van der Waals surface area contributed by atoms with Gasteiger partial charge in [-0.1, -0.05) is 83.9 Å². The highest BCUT2D eigenvalue weighted by Gasteiger charge is 2.10. The van der Waals surface area contributed by atoms with Crippen LogP contribution in [0.1, 0.15) is 22.3 Å². The standard InChI is InChI=1S/C28H26O2/c1-21-11-15-25(16-12-21)29-19-23-7-3-5-9-27(23)28-10-6-4-8-24(28)20-30-26-17-13-22(2)14-18-26/h3-18H,19-20H2,1-2H3. The molecule has 4 rings (SSSR count). The first-order chi connectivity index (χ1) is 14.7. The summed E-state index contributed by atoms with van der Waals surface area (Å²) >= 11 is 0. The maximum Gasteiger partial charge on any atom is 0.119 e. The molecule has 0 spiro atoms. The van der Waals surface area contributed by atoms with Gasteiger partial charge in [0.25, 0.3) is 0 Å². The summed E-state index contributed by atoms with van der Waals surface area (Å²) in [6.45, 7) is 5.20. The topological polar surface area (TPSA) is 18.5 Å². The van der Waals surface area contributed by atoms with Crippen molar-refractivity contribution in [3.8, 4) is 22.6 Å². The van der Waals surface area contributed by atoms with Gasteiger partial charge in [0.2, 0.25) is 0 Å². The molecule has 2 nitrogen and oxygen atoms in total. The van der Waals surface area contributed by atoms with E-state index in [1.165, 1.54) is 22.3 Å². The van der Waals surface area contributed by atoms with Crippen LogP contribution in [0, 0.1) is 13.8 Å². The first kappa shape index (κ1) is 19.8. The maximum absolute atomic E-state index is 6.06. The number of rotatable bonds is 7. The Balaban J connectivity index is 1.55. The fourth-order valence-corrected chi connectivity index (χ4v) is 3.41. The van der Waals surface area contributed by atoms with E-state index in [0.29, 0.717) is 13.2 Å². The van der Waals surface area contributed by atoms with Gasteiger partial charge in [-0.25, -0.2) is 0 Å². The molecular formula is C28H26O2. The van der Waals surface area contributed by atoms with Crippen molar-refractivity contribution in [3.05, 3.63) is 119 Å². The molecule has 0 saturated carbocycles.